The summed E-state index contributed by atoms with van der Waals surface area (Å²) in [5, 5.41) is 31.0. The lowest BCUT2D eigenvalue weighted by atomic mass is 9.73. The van der Waals surface area contributed by atoms with Crippen LogP contribution in [0.5, 0.6) is 0 Å². The van der Waals surface area contributed by atoms with Gasteiger partial charge in [-0.15, -0.1) is 0 Å². The van der Waals surface area contributed by atoms with E-state index >= 15 is 0 Å². The number of aliphatic hydroxyl groups excluding tert-OH is 1. The van der Waals surface area contributed by atoms with E-state index in [9.17, 15) is 15.3 Å². The third-order valence-corrected chi connectivity index (χ3v) is 5.76. The first-order valence-electron chi connectivity index (χ1n) is 8.69. The van der Waals surface area contributed by atoms with E-state index in [4.69, 9.17) is 18.5 Å². The minimum atomic E-state index is -1.34. The maximum Gasteiger partial charge on any atom is 0.626 e. The Kier molecular flexibility index (Phi) is 6.21. The Morgan fingerprint density at radius 3 is 1.76 bits per heavy atom. The minimum Gasteiger partial charge on any atom is -0.425 e. The summed E-state index contributed by atoms with van der Waals surface area (Å²) in [6, 6.07) is 0. The van der Waals surface area contributed by atoms with Gasteiger partial charge < -0.3 is 33.9 Å². The van der Waals surface area contributed by atoms with Crippen molar-refractivity contribution in [3.05, 3.63) is 0 Å². The van der Waals surface area contributed by atoms with Gasteiger partial charge in [-0.05, 0) is 69.1 Å². The summed E-state index contributed by atoms with van der Waals surface area (Å²) in [6.07, 6.45) is -0.773. The maximum atomic E-state index is 10.5. The Morgan fingerprint density at radius 2 is 1.44 bits per heavy atom. The number of rotatable bonds is 7. The van der Waals surface area contributed by atoms with Crippen molar-refractivity contribution in [2.75, 3.05) is 0 Å². The van der Waals surface area contributed by atoms with Crippen LogP contribution in [0.3, 0.4) is 0 Å². The van der Waals surface area contributed by atoms with Crippen LogP contribution in [-0.2, 0) is 18.5 Å². The molecule has 2 atom stereocenters. The molecule has 1 rings (SSSR count). The Morgan fingerprint density at radius 1 is 1.00 bits per heavy atom. The van der Waals surface area contributed by atoms with E-state index in [1.807, 2.05) is 13.8 Å². The van der Waals surface area contributed by atoms with E-state index in [-0.39, 0.29) is 0 Å². The maximum absolute atomic E-state index is 10.5. The summed E-state index contributed by atoms with van der Waals surface area (Å²) >= 11 is 0. The van der Waals surface area contributed by atoms with Gasteiger partial charge in [0.15, 0.2) is 0 Å². The molecule has 0 aromatic carbocycles. The predicted molar refractivity (Wildman–Crippen MR) is 96.9 cm³/mol. The van der Waals surface area contributed by atoms with Crippen LogP contribution in [0.2, 0.25) is 6.82 Å². The molecule has 0 aromatic rings. The summed E-state index contributed by atoms with van der Waals surface area (Å²) < 4.78 is 23.1. The van der Waals surface area contributed by atoms with Gasteiger partial charge in [-0.1, -0.05) is 0 Å². The first-order chi connectivity index (χ1) is 10.9. The van der Waals surface area contributed by atoms with Gasteiger partial charge in [0.05, 0.1) is 22.9 Å². The summed E-state index contributed by atoms with van der Waals surface area (Å²) in [5.74, 6) is 0. The van der Waals surface area contributed by atoms with Crippen molar-refractivity contribution in [2.45, 2.75) is 103 Å². The zero-order chi connectivity index (χ0) is 20.1. The summed E-state index contributed by atoms with van der Waals surface area (Å²) in [7, 11) is -1.89. The molecule has 0 aliphatic carbocycles. The largest absolute Gasteiger partial charge is 0.626 e. The molecule has 1 aliphatic rings. The molecule has 1 heterocycles. The van der Waals surface area contributed by atoms with Crippen LogP contribution in [0.15, 0.2) is 0 Å². The highest BCUT2D eigenvalue weighted by molar-refractivity contribution is 6.55. The highest BCUT2D eigenvalue weighted by Crippen LogP contribution is 2.41. The van der Waals surface area contributed by atoms with Crippen LogP contribution in [0.4, 0.5) is 0 Å². The molecule has 3 N–H and O–H groups in total. The topological polar surface area (TPSA) is 97.6 Å². The Hall–Kier alpha value is -0.150. The number of aliphatic hydroxyl groups is 3. The standard InChI is InChI=1S/C16H34B2O7/c1-11(19)15(8)14(6,7)22-18(23-15)25-17(10)24-16(9,12(2,3)20)13(4,5)21/h11,19-21H,1-10H3. The highest BCUT2D eigenvalue weighted by atomic mass is 16.8. The van der Waals surface area contributed by atoms with Gasteiger partial charge in [-0.2, -0.15) is 0 Å². The average Bonchev–Trinajstić information content (AvgIpc) is 2.56. The van der Waals surface area contributed by atoms with E-state index in [1.54, 1.807) is 55.3 Å². The molecule has 146 valence electrons. The van der Waals surface area contributed by atoms with Gasteiger partial charge in [-0.25, -0.2) is 0 Å². The third kappa shape index (κ3) is 4.24. The molecule has 0 radical (unpaired) electrons. The smallest absolute Gasteiger partial charge is 0.425 e. The zero-order valence-electron chi connectivity index (χ0n) is 17.2. The second-order valence-corrected chi connectivity index (χ2v) is 8.79. The van der Waals surface area contributed by atoms with Crippen LogP contribution in [0.25, 0.3) is 0 Å². The van der Waals surface area contributed by atoms with Crippen LogP contribution < -0.4 is 0 Å². The first-order valence-corrected chi connectivity index (χ1v) is 8.69. The van der Waals surface area contributed by atoms with Crippen LogP contribution >= 0.6 is 0 Å². The highest BCUT2D eigenvalue weighted by Gasteiger charge is 2.59. The molecule has 0 aromatic heterocycles. The van der Waals surface area contributed by atoms with Gasteiger partial charge in [-0.3, -0.25) is 0 Å². The first kappa shape index (κ1) is 22.9. The molecule has 9 heteroatoms. The Balaban J connectivity index is 2.89. The second kappa shape index (κ2) is 6.78. The molecule has 0 amide bonds. The molecule has 1 fully saturated rings. The van der Waals surface area contributed by atoms with E-state index in [1.165, 1.54) is 0 Å². The fraction of sp³-hybridized carbons (Fsp3) is 1.00. The van der Waals surface area contributed by atoms with Gasteiger partial charge >= 0.3 is 14.4 Å². The SMILES string of the molecule is CB(OB1OC(C)(C)C(C)(C(C)O)O1)OC(C)(C(C)(C)O)C(C)(C)O. The second-order valence-electron chi connectivity index (χ2n) is 8.79. The van der Waals surface area contributed by atoms with Crippen LogP contribution in [0, 0.1) is 0 Å². The van der Waals surface area contributed by atoms with Gasteiger partial charge in [0.25, 0.3) is 0 Å². The Bertz CT molecular complexity index is 456. The normalized spacial score (nSPS) is 26.0. The van der Waals surface area contributed by atoms with Crippen LogP contribution in [0.1, 0.15) is 62.3 Å². The molecular formula is C16H34B2O7. The predicted octanol–water partition coefficient (Wildman–Crippen LogP) is 1.39. The van der Waals surface area contributed by atoms with Crippen LogP contribution in [-0.4, -0.2) is 63.9 Å². The van der Waals surface area contributed by atoms with Crippen molar-refractivity contribution in [2.24, 2.45) is 0 Å². The lowest BCUT2D eigenvalue weighted by Gasteiger charge is -2.49. The quantitative estimate of drug-likeness (QED) is 0.591. The molecule has 25 heavy (non-hydrogen) atoms. The van der Waals surface area contributed by atoms with Crippen molar-refractivity contribution in [3.8, 4) is 0 Å². The molecule has 0 spiro atoms. The lowest BCUT2D eigenvalue weighted by molar-refractivity contribution is -0.203. The average molecular weight is 360 g/mol. The van der Waals surface area contributed by atoms with Crippen molar-refractivity contribution in [3.63, 3.8) is 0 Å². The van der Waals surface area contributed by atoms with Crippen molar-refractivity contribution >= 4 is 14.4 Å². The molecule has 1 aliphatic heterocycles. The zero-order valence-corrected chi connectivity index (χ0v) is 17.2. The fourth-order valence-corrected chi connectivity index (χ4v) is 2.93. The molecular weight excluding hydrogens is 326 g/mol. The monoisotopic (exact) mass is 360 g/mol. The summed E-state index contributed by atoms with van der Waals surface area (Å²) in [6.45, 7) is 16.5. The van der Waals surface area contributed by atoms with Gasteiger partial charge in [0, 0.05) is 0 Å². The molecule has 7 nitrogen and oxygen atoms in total. The fourth-order valence-electron chi connectivity index (χ4n) is 2.93. The van der Waals surface area contributed by atoms with E-state index < -0.39 is 48.5 Å². The Labute approximate surface area is 152 Å². The molecule has 0 bridgehead atoms. The summed E-state index contributed by atoms with van der Waals surface area (Å²) in [5.41, 5.74) is -5.73. The van der Waals surface area contributed by atoms with E-state index in [0.717, 1.165) is 0 Å². The summed E-state index contributed by atoms with van der Waals surface area (Å²) in [4.78, 5) is 0. The molecule has 2 unspecified atom stereocenters. The van der Waals surface area contributed by atoms with Crippen molar-refractivity contribution in [1.29, 1.82) is 0 Å². The number of hydrogen-bond acceptors (Lipinski definition) is 7. The number of hydrogen-bond donors (Lipinski definition) is 3. The van der Waals surface area contributed by atoms with E-state index in [0.29, 0.717) is 0 Å². The van der Waals surface area contributed by atoms with Gasteiger partial charge in [0.2, 0.25) is 0 Å². The lowest BCUT2D eigenvalue weighted by Crippen LogP contribution is -2.64. The third-order valence-electron chi connectivity index (χ3n) is 5.76. The minimum absolute atomic E-state index is 0.773. The van der Waals surface area contributed by atoms with Crippen molar-refractivity contribution < 1.29 is 33.9 Å². The van der Waals surface area contributed by atoms with E-state index in [2.05, 4.69) is 0 Å². The molecule has 1 saturated heterocycles. The molecule has 0 saturated carbocycles. The van der Waals surface area contributed by atoms with Gasteiger partial charge in [0.1, 0.15) is 11.2 Å². The van der Waals surface area contributed by atoms with Crippen molar-refractivity contribution in [1.82, 2.24) is 0 Å².